The second kappa shape index (κ2) is 10.1. The molecule has 184 valence electrons. The summed E-state index contributed by atoms with van der Waals surface area (Å²) in [6, 6.07) is 24.9. The van der Waals surface area contributed by atoms with E-state index in [1.165, 1.54) is 4.90 Å². The van der Waals surface area contributed by atoms with Crippen molar-refractivity contribution in [1.29, 1.82) is 0 Å². The number of carbonyl (C=O) groups excluding carboxylic acids is 2. The second-order valence-corrected chi connectivity index (χ2v) is 9.07. The average molecular weight is 491 g/mol. The Balaban J connectivity index is 1.62. The van der Waals surface area contributed by atoms with Crippen LogP contribution in [0, 0.1) is 13.8 Å². The van der Waals surface area contributed by atoms with E-state index in [1.807, 2.05) is 74.5 Å². The molecule has 1 amide bonds. The van der Waals surface area contributed by atoms with Gasteiger partial charge in [-0.05, 0) is 78.6 Å². The molecular weight excluding hydrogens is 464 g/mol. The highest BCUT2D eigenvalue weighted by Crippen LogP contribution is 2.41. The molecular formula is C31H26N2O4. The van der Waals surface area contributed by atoms with Crippen molar-refractivity contribution < 1.29 is 19.4 Å². The van der Waals surface area contributed by atoms with E-state index < -0.39 is 17.7 Å². The van der Waals surface area contributed by atoms with E-state index in [2.05, 4.69) is 4.98 Å². The number of ketones is 1. The highest BCUT2D eigenvalue weighted by atomic mass is 16.5. The first-order valence-corrected chi connectivity index (χ1v) is 12.0. The van der Waals surface area contributed by atoms with Gasteiger partial charge in [-0.2, -0.15) is 0 Å². The molecule has 6 nitrogen and oxygen atoms in total. The molecule has 1 aliphatic heterocycles. The molecule has 0 saturated carbocycles. The zero-order valence-electron chi connectivity index (χ0n) is 20.6. The number of aryl methyl sites for hydroxylation is 2. The van der Waals surface area contributed by atoms with Gasteiger partial charge < -0.3 is 14.7 Å². The van der Waals surface area contributed by atoms with Crippen LogP contribution >= 0.6 is 0 Å². The Morgan fingerprint density at radius 2 is 1.59 bits per heavy atom. The summed E-state index contributed by atoms with van der Waals surface area (Å²) in [5.41, 5.74) is 4.07. The molecule has 0 spiro atoms. The molecule has 37 heavy (non-hydrogen) atoms. The number of ether oxygens (including phenoxy) is 1. The first-order valence-electron chi connectivity index (χ1n) is 12.0. The maximum Gasteiger partial charge on any atom is 0.295 e. The lowest BCUT2D eigenvalue weighted by molar-refractivity contribution is -0.140. The average Bonchev–Trinajstić information content (AvgIpc) is 3.16. The van der Waals surface area contributed by atoms with Gasteiger partial charge in [-0.1, -0.05) is 42.5 Å². The molecule has 0 bridgehead atoms. The van der Waals surface area contributed by atoms with Crippen molar-refractivity contribution in [3.8, 4) is 11.5 Å². The minimum Gasteiger partial charge on any atom is -0.507 e. The van der Waals surface area contributed by atoms with Crippen molar-refractivity contribution in [1.82, 2.24) is 9.88 Å². The van der Waals surface area contributed by atoms with Gasteiger partial charge in [-0.15, -0.1) is 0 Å². The number of amides is 1. The summed E-state index contributed by atoms with van der Waals surface area (Å²) < 4.78 is 6.02. The SMILES string of the molecule is Cc1ccc(/C(O)=C2/C(=O)C(=O)N(Cc3ccncc3)C2c2cccc(Oc3ccccc3)c2)cc1C. The van der Waals surface area contributed by atoms with Crippen molar-refractivity contribution >= 4 is 17.4 Å². The zero-order chi connectivity index (χ0) is 25.9. The largest absolute Gasteiger partial charge is 0.507 e. The topological polar surface area (TPSA) is 79.7 Å². The Kier molecular flexibility index (Phi) is 6.56. The van der Waals surface area contributed by atoms with Crippen LogP contribution in [-0.4, -0.2) is 26.7 Å². The number of hydrogen-bond acceptors (Lipinski definition) is 5. The summed E-state index contributed by atoms with van der Waals surface area (Å²) in [5.74, 6) is -0.353. The van der Waals surface area contributed by atoms with Crippen LogP contribution in [0.2, 0.25) is 0 Å². The zero-order valence-corrected chi connectivity index (χ0v) is 20.6. The lowest BCUT2D eigenvalue weighted by Crippen LogP contribution is -2.29. The predicted octanol–water partition coefficient (Wildman–Crippen LogP) is 6.11. The molecule has 1 saturated heterocycles. The number of rotatable bonds is 6. The number of aliphatic hydroxyl groups excluding tert-OH is 1. The quantitative estimate of drug-likeness (QED) is 0.200. The number of aromatic nitrogens is 1. The number of pyridine rings is 1. The summed E-state index contributed by atoms with van der Waals surface area (Å²) >= 11 is 0. The smallest absolute Gasteiger partial charge is 0.295 e. The molecule has 1 atom stereocenters. The van der Waals surface area contributed by atoms with Gasteiger partial charge in [-0.25, -0.2) is 0 Å². The number of nitrogens with zero attached hydrogens (tertiary/aromatic N) is 2. The Labute approximate surface area is 215 Å². The summed E-state index contributed by atoms with van der Waals surface area (Å²) in [6.07, 6.45) is 3.29. The molecule has 5 rings (SSSR count). The van der Waals surface area contributed by atoms with Gasteiger partial charge in [-0.3, -0.25) is 14.6 Å². The van der Waals surface area contributed by atoms with Crippen LogP contribution in [0.25, 0.3) is 5.76 Å². The van der Waals surface area contributed by atoms with E-state index in [0.29, 0.717) is 22.6 Å². The minimum absolute atomic E-state index is 0.0548. The molecule has 0 radical (unpaired) electrons. The van der Waals surface area contributed by atoms with E-state index in [4.69, 9.17) is 4.74 Å². The van der Waals surface area contributed by atoms with Crippen LogP contribution in [0.5, 0.6) is 11.5 Å². The molecule has 1 aromatic heterocycles. The lowest BCUT2D eigenvalue weighted by atomic mass is 9.94. The predicted molar refractivity (Wildman–Crippen MR) is 141 cm³/mol. The molecule has 0 aliphatic carbocycles. The van der Waals surface area contributed by atoms with Gasteiger partial charge in [0.15, 0.2) is 0 Å². The Hall–Kier alpha value is -4.71. The third kappa shape index (κ3) is 4.86. The van der Waals surface area contributed by atoms with Crippen LogP contribution in [0.15, 0.2) is 103 Å². The number of likely N-dealkylation sites (tertiary alicyclic amines) is 1. The Morgan fingerprint density at radius 3 is 2.32 bits per heavy atom. The summed E-state index contributed by atoms with van der Waals surface area (Å²) in [5, 5.41) is 11.4. The van der Waals surface area contributed by atoms with Gasteiger partial charge in [0.2, 0.25) is 0 Å². The highest BCUT2D eigenvalue weighted by molar-refractivity contribution is 6.46. The molecule has 4 aromatic rings. The first-order chi connectivity index (χ1) is 17.9. The Morgan fingerprint density at radius 1 is 0.865 bits per heavy atom. The van der Waals surface area contributed by atoms with E-state index >= 15 is 0 Å². The van der Waals surface area contributed by atoms with Gasteiger partial charge >= 0.3 is 0 Å². The fourth-order valence-electron chi connectivity index (χ4n) is 4.49. The van der Waals surface area contributed by atoms with Gasteiger partial charge in [0.05, 0.1) is 11.6 Å². The van der Waals surface area contributed by atoms with Crippen LogP contribution in [0.1, 0.15) is 33.9 Å². The lowest BCUT2D eigenvalue weighted by Gasteiger charge is -2.26. The number of aliphatic hydroxyl groups is 1. The highest BCUT2D eigenvalue weighted by Gasteiger charge is 2.46. The van der Waals surface area contributed by atoms with E-state index in [0.717, 1.165) is 16.7 Å². The van der Waals surface area contributed by atoms with Crippen molar-refractivity contribution in [3.05, 3.63) is 131 Å². The fourth-order valence-corrected chi connectivity index (χ4v) is 4.49. The monoisotopic (exact) mass is 490 g/mol. The standard InChI is InChI=1S/C31H26N2O4/c1-20-11-12-24(17-21(20)2)29(34)27-28(33(31(36)30(27)35)19-22-13-15-32-16-14-22)23-7-6-10-26(18-23)37-25-8-4-3-5-9-25/h3-18,28,34H,19H2,1-2H3/b29-27-. The van der Waals surface area contributed by atoms with Crippen LogP contribution in [0.3, 0.4) is 0 Å². The molecule has 1 N–H and O–H groups in total. The van der Waals surface area contributed by atoms with Crippen molar-refractivity contribution in [2.45, 2.75) is 26.4 Å². The van der Waals surface area contributed by atoms with Gasteiger partial charge in [0.25, 0.3) is 11.7 Å². The number of hydrogen-bond donors (Lipinski definition) is 1. The van der Waals surface area contributed by atoms with Crippen LogP contribution in [0.4, 0.5) is 0 Å². The number of benzene rings is 3. The van der Waals surface area contributed by atoms with Gasteiger partial charge in [0.1, 0.15) is 17.3 Å². The maximum absolute atomic E-state index is 13.4. The molecule has 6 heteroatoms. The van der Waals surface area contributed by atoms with E-state index in [-0.39, 0.29) is 17.9 Å². The summed E-state index contributed by atoms with van der Waals surface area (Å²) in [6.45, 7) is 4.10. The molecule has 1 unspecified atom stereocenters. The molecule has 1 aliphatic rings. The molecule has 3 aromatic carbocycles. The Bertz CT molecular complexity index is 1500. The van der Waals surface area contributed by atoms with Crippen LogP contribution < -0.4 is 4.74 Å². The van der Waals surface area contributed by atoms with E-state index in [1.54, 1.807) is 36.7 Å². The third-order valence-electron chi connectivity index (χ3n) is 6.58. The van der Waals surface area contributed by atoms with Crippen molar-refractivity contribution in [2.24, 2.45) is 0 Å². The van der Waals surface area contributed by atoms with Crippen molar-refractivity contribution in [3.63, 3.8) is 0 Å². The fraction of sp³-hybridized carbons (Fsp3) is 0.129. The normalized spacial score (nSPS) is 16.7. The summed E-state index contributed by atoms with van der Waals surface area (Å²) in [4.78, 5) is 32.2. The first kappa shape index (κ1) is 24.0. The molecule has 2 heterocycles. The minimum atomic E-state index is -0.797. The maximum atomic E-state index is 13.4. The number of Topliss-reactive ketones (excluding diaryl/α,β-unsaturated/α-hetero) is 1. The van der Waals surface area contributed by atoms with Crippen molar-refractivity contribution in [2.75, 3.05) is 0 Å². The third-order valence-corrected chi connectivity index (χ3v) is 6.58. The molecule has 1 fully saturated rings. The van der Waals surface area contributed by atoms with E-state index in [9.17, 15) is 14.7 Å². The number of para-hydroxylation sites is 1. The van der Waals surface area contributed by atoms with Gasteiger partial charge in [0, 0.05) is 24.5 Å². The second-order valence-electron chi connectivity index (χ2n) is 9.07. The van der Waals surface area contributed by atoms with Crippen LogP contribution in [-0.2, 0) is 16.1 Å². The number of carbonyl (C=O) groups is 2. The summed E-state index contributed by atoms with van der Waals surface area (Å²) in [7, 11) is 0.